The summed E-state index contributed by atoms with van der Waals surface area (Å²) in [6.45, 7) is 2.96. The van der Waals surface area contributed by atoms with Crippen LogP contribution in [0.5, 0.6) is 0 Å². The van der Waals surface area contributed by atoms with Gasteiger partial charge in [0.1, 0.15) is 0 Å². The minimum absolute atomic E-state index is 0.712. The summed E-state index contributed by atoms with van der Waals surface area (Å²) in [6.07, 6.45) is 4.58. The van der Waals surface area contributed by atoms with Crippen LogP contribution in [0.25, 0.3) is 0 Å². The molecule has 0 aliphatic heterocycles. The number of aryl methyl sites for hydroxylation is 1. The molecule has 0 radical (unpaired) electrons. The molecule has 78 valence electrons. The lowest BCUT2D eigenvalue weighted by atomic mass is 10.1. The average Bonchev–Trinajstić information content (AvgIpc) is 2.65. The first-order valence-corrected chi connectivity index (χ1v) is 5.14. The highest BCUT2D eigenvalue weighted by Crippen LogP contribution is 2.11. The van der Waals surface area contributed by atoms with Crippen LogP contribution in [0.1, 0.15) is 18.1 Å². The predicted molar refractivity (Wildman–Crippen MR) is 61.6 cm³/mol. The Labute approximate surface area is 89.5 Å². The molecular weight excluding hydrogens is 186 g/mol. The van der Waals surface area contributed by atoms with Gasteiger partial charge in [0, 0.05) is 6.20 Å². The molecule has 0 unspecified atom stereocenters. The first kappa shape index (κ1) is 9.77. The van der Waals surface area contributed by atoms with Crippen molar-refractivity contribution in [1.82, 2.24) is 9.78 Å². The number of nitrogens with two attached hydrogens (primary N) is 1. The third-order valence-corrected chi connectivity index (χ3v) is 2.48. The molecule has 0 aliphatic carbocycles. The molecule has 0 aliphatic rings. The predicted octanol–water partition coefficient (Wildman–Crippen LogP) is 2.08. The van der Waals surface area contributed by atoms with Crippen molar-refractivity contribution < 1.29 is 0 Å². The lowest BCUT2D eigenvalue weighted by Gasteiger charge is -2.07. The van der Waals surface area contributed by atoms with Crippen molar-refractivity contribution in [3.63, 3.8) is 0 Å². The normalized spacial score (nSPS) is 10.5. The van der Waals surface area contributed by atoms with Crippen molar-refractivity contribution in [2.24, 2.45) is 0 Å². The number of hydrogen-bond donors (Lipinski definition) is 1. The topological polar surface area (TPSA) is 43.8 Å². The van der Waals surface area contributed by atoms with Crippen LogP contribution in [0, 0.1) is 0 Å². The van der Waals surface area contributed by atoms with E-state index in [9.17, 15) is 0 Å². The van der Waals surface area contributed by atoms with E-state index < -0.39 is 0 Å². The Kier molecular flexibility index (Phi) is 2.72. The largest absolute Gasteiger partial charge is 0.396 e. The summed E-state index contributed by atoms with van der Waals surface area (Å²) in [5.74, 6) is 0. The molecule has 3 heteroatoms. The van der Waals surface area contributed by atoms with Crippen molar-refractivity contribution in [3.8, 4) is 0 Å². The summed E-state index contributed by atoms with van der Waals surface area (Å²) in [4.78, 5) is 0. The summed E-state index contributed by atoms with van der Waals surface area (Å²) < 4.78 is 1.86. The number of benzene rings is 1. The van der Waals surface area contributed by atoms with Crippen LogP contribution in [0.15, 0.2) is 36.7 Å². The van der Waals surface area contributed by atoms with E-state index in [0.717, 1.165) is 13.0 Å². The molecule has 0 amide bonds. The molecule has 1 heterocycles. The molecule has 1 aromatic heterocycles. The van der Waals surface area contributed by atoms with Crippen LogP contribution in [-0.2, 0) is 13.0 Å². The lowest BCUT2D eigenvalue weighted by Crippen LogP contribution is -2.02. The third-order valence-electron chi connectivity index (χ3n) is 2.48. The SMILES string of the molecule is CCc1ccccc1Cn1cc(N)cn1. The Balaban J connectivity index is 2.23. The van der Waals surface area contributed by atoms with Gasteiger partial charge in [-0.15, -0.1) is 0 Å². The number of hydrogen-bond acceptors (Lipinski definition) is 2. The minimum atomic E-state index is 0.712. The first-order chi connectivity index (χ1) is 7.29. The second kappa shape index (κ2) is 4.17. The number of nitrogen functional groups attached to an aromatic ring is 1. The fraction of sp³-hybridized carbons (Fsp3) is 0.250. The maximum absolute atomic E-state index is 5.62. The van der Waals surface area contributed by atoms with Crippen molar-refractivity contribution in [2.75, 3.05) is 5.73 Å². The van der Waals surface area contributed by atoms with Gasteiger partial charge < -0.3 is 5.73 Å². The zero-order chi connectivity index (χ0) is 10.7. The number of aromatic nitrogens is 2. The number of rotatable bonds is 3. The number of nitrogens with zero attached hydrogens (tertiary/aromatic N) is 2. The maximum Gasteiger partial charge on any atom is 0.0719 e. The molecule has 2 aromatic rings. The van der Waals surface area contributed by atoms with E-state index in [1.165, 1.54) is 11.1 Å². The Morgan fingerprint density at radius 1 is 1.27 bits per heavy atom. The van der Waals surface area contributed by atoms with Gasteiger partial charge in [-0.05, 0) is 17.5 Å². The summed E-state index contributed by atoms with van der Waals surface area (Å²) in [5.41, 5.74) is 9.01. The molecule has 1 aromatic carbocycles. The third kappa shape index (κ3) is 2.18. The lowest BCUT2D eigenvalue weighted by molar-refractivity contribution is 0.682. The summed E-state index contributed by atoms with van der Waals surface area (Å²) >= 11 is 0. The van der Waals surface area contributed by atoms with Crippen molar-refractivity contribution in [2.45, 2.75) is 19.9 Å². The van der Waals surface area contributed by atoms with E-state index in [1.807, 2.05) is 10.9 Å². The highest BCUT2D eigenvalue weighted by molar-refractivity contribution is 5.32. The van der Waals surface area contributed by atoms with E-state index >= 15 is 0 Å². The molecule has 15 heavy (non-hydrogen) atoms. The zero-order valence-corrected chi connectivity index (χ0v) is 8.85. The molecule has 0 fully saturated rings. The Morgan fingerprint density at radius 3 is 2.60 bits per heavy atom. The molecule has 0 spiro atoms. The molecule has 0 atom stereocenters. The average molecular weight is 201 g/mol. The molecule has 2 N–H and O–H groups in total. The summed E-state index contributed by atoms with van der Waals surface area (Å²) in [5, 5.41) is 4.18. The standard InChI is InChI=1S/C12H15N3/c1-2-10-5-3-4-6-11(10)8-15-9-12(13)7-14-15/h3-7,9H,2,8,13H2,1H3. The summed E-state index contributed by atoms with van der Waals surface area (Å²) in [7, 11) is 0. The van der Waals surface area contributed by atoms with Crippen LogP contribution in [0.4, 0.5) is 5.69 Å². The molecule has 0 saturated heterocycles. The van der Waals surface area contributed by atoms with E-state index in [1.54, 1.807) is 6.20 Å². The van der Waals surface area contributed by atoms with Gasteiger partial charge in [-0.25, -0.2) is 0 Å². The molecular formula is C12H15N3. The molecule has 3 nitrogen and oxygen atoms in total. The van der Waals surface area contributed by atoms with Gasteiger partial charge in [0.05, 0.1) is 18.4 Å². The van der Waals surface area contributed by atoms with Gasteiger partial charge in [0.25, 0.3) is 0 Å². The van der Waals surface area contributed by atoms with E-state index in [4.69, 9.17) is 5.73 Å². The fourth-order valence-corrected chi connectivity index (χ4v) is 1.70. The van der Waals surface area contributed by atoms with Crippen molar-refractivity contribution >= 4 is 5.69 Å². The van der Waals surface area contributed by atoms with E-state index in [0.29, 0.717) is 5.69 Å². The summed E-state index contributed by atoms with van der Waals surface area (Å²) in [6, 6.07) is 8.42. The Bertz CT molecular complexity index is 446. The maximum atomic E-state index is 5.62. The first-order valence-electron chi connectivity index (χ1n) is 5.14. The second-order valence-corrected chi connectivity index (χ2v) is 3.59. The minimum Gasteiger partial charge on any atom is -0.396 e. The van der Waals surface area contributed by atoms with Crippen LogP contribution in [0.2, 0.25) is 0 Å². The van der Waals surface area contributed by atoms with Crippen LogP contribution < -0.4 is 5.73 Å². The van der Waals surface area contributed by atoms with Gasteiger partial charge >= 0.3 is 0 Å². The molecule has 2 rings (SSSR count). The quantitative estimate of drug-likeness (QED) is 0.826. The smallest absolute Gasteiger partial charge is 0.0719 e. The fourth-order valence-electron chi connectivity index (χ4n) is 1.70. The monoisotopic (exact) mass is 201 g/mol. The molecule has 0 saturated carbocycles. The highest BCUT2D eigenvalue weighted by atomic mass is 15.3. The van der Waals surface area contributed by atoms with Crippen molar-refractivity contribution in [1.29, 1.82) is 0 Å². The van der Waals surface area contributed by atoms with Crippen LogP contribution >= 0.6 is 0 Å². The Morgan fingerprint density at radius 2 is 2.00 bits per heavy atom. The zero-order valence-electron chi connectivity index (χ0n) is 8.85. The van der Waals surface area contributed by atoms with Gasteiger partial charge in [-0.1, -0.05) is 31.2 Å². The van der Waals surface area contributed by atoms with Gasteiger partial charge in [-0.3, -0.25) is 4.68 Å². The van der Waals surface area contributed by atoms with E-state index in [2.05, 4.69) is 36.3 Å². The second-order valence-electron chi connectivity index (χ2n) is 3.59. The highest BCUT2D eigenvalue weighted by Gasteiger charge is 2.01. The van der Waals surface area contributed by atoms with Gasteiger partial charge in [0.15, 0.2) is 0 Å². The van der Waals surface area contributed by atoms with Gasteiger partial charge in [-0.2, -0.15) is 5.10 Å². The van der Waals surface area contributed by atoms with Gasteiger partial charge in [0.2, 0.25) is 0 Å². The Hall–Kier alpha value is -1.77. The molecule has 0 bridgehead atoms. The van der Waals surface area contributed by atoms with Crippen molar-refractivity contribution in [3.05, 3.63) is 47.8 Å². The van der Waals surface area contributed by atoms with Crippen LogP contribution in [-0.4, -0.2) is 9.78 Å². The van der Waals surface area contributed by atoms with Crippen LogP contribution in [0.3, 0.4) is 0 Å². The van der Waals surface area contributed by atoms with E-state index in [-0.39, 0.29) is 0 Å². The number of anilines is 1.